The molecule has 3 saturated heterocycles. The van der Waals surface area contributed by atoms with Crippen molar-refractivity contribution in [1.82, 2.24) is 43.8 Å². The number of H-pyrrole nitrogens is 1. The van der Waals surface area contributed by atoms with Gasteiger partial charge in [0.25, 0.3) is 5.56 Å². The lowest BCUT2D eigenvalue weighted by molar-refractivity contribution is -0.0604. The number of phosphoric ester groups is 1. The average Bonchev–Trinajstić information content (AvgIpc) is 3.75. The van der Waals surface area contributed by atoms with Crippen LogP contribution in [-0.2, 0) is 42.3 Å². The summed E-state index contributed by atoms with van der Waals surface area (Å²) in [5.41, 5.74) is 10.9. The normalized spacial score (nSPS) is 35.0. The van der Waals surface area contributed by atoms with Crippen LogP contribution in [-0.4, -0.2) is 109 Å². The van der Waals surface area contributed by atoms with Gasteiger partial charge in [-0.05, 0) is 0 Å². The Bertz CT molecular complexity index is 2030. The third kappa shape index (κ3) is 5.30. The number of nitrogens with one attached hydrogen (secondary N) is 2. The molecule has 25 heteroatoms. The number of aromatic amines is 1. The molecule has 0 spiro atoms. The van der Waals surface area contributed by atoms with E-state index in [9.17, 15) is 22.7 Å². The summed E-state index contributed by atoms with van der Waals surface area (Å²) in [4.78, 5) is 45.2. The first kappa shape index (κ1) is 30.9. The molecular weight excluding hydrogens is 664 g/mol. The van der Waals surface area contributed by atoms with Gasteiger partial charge in [0.15, 0.2) is 41.3 Å². The second-order valence-electron chi connectivity index (χ2n) is 10.3. The van der Waals surface area contributed by atoms with Gasteiger partial charge in [0.05, 0.1) is 19.3 Å². The first-order valence-electron chi connectivity index (χ1n) is 13.3. The van der Waals surface area contributed by atoms with E-state index in [1.807, 2.05) is 0 Å². The number of hydrogen-bond donors (Lipinski definition) is 5. The number of hydrogen-bond acceptors (Lipinski definition) is 17. The number of fused-ring (bicyclic) bond motifs is 4. The molecule has 3 fully saturated rings. The van der Waals surface area contributed by atoms with Crippen LogP contribution in [0, 0.1) is 0 Å². The number of nitrogens with zero attached hydrogens (tertiary/aromatic N) is 7. The van der Waals surface area contributed by atoms with E-state index in [4.69, 9.17) is 38.9 Å². The highest BCUT2D eigenvalue weighted by Gasteiger charge is 2.54. The first-order valence-corrected chi connectivity index (χ1v) is 16.2. The Labute approximate surface area is 256 Å². The molecule has 4 aromatic heterocycles. The zero-order chi connectivity index (χ0) is 32.5. The maximum absolute atomic E-state index is 15.9. The van der Waals surface area contributed by atoms with Crippen LogP contribution in [0.15, 0.2) is 23.8 Å². The number of nitrogens with two attached hydrogens (primary N) is 2. The summed E-state index contributed by atoms with van der Waals surface area (Å²) < 4.78 is 93.0. The van der Waals surface area contributed by atoms with Crippen molar-refractivity contribution < 1.29 is 49.7 Å². The SMILES string of the molecule is CO[C@@H]1[C@@H]2OS(=O)(=O)NC[C@H]3O[C@@H](n4cnc5c(N)ncnc54)[C@H](F)[C@@H]3OP(=O)(O)OC[C@H]2O[C@H]1n1cnc2c(=O)[nH]c(N)nc21. The van der Waals surface area contributed by atoms with Crippen molar-refractivity contribution >= 4 is 52.2 Å². The molecule has 0 radical (unpaired) electrons. The highest BCUT2D eigenvalue weighted by atomic mass is 32.2. The highest BCUT2D eigenvalue weighted by molar-refractivity contribution is 7.84. The van der Waals surface area contributed by atoms with E-state index in [0.29, 0.717) is 0 Å². The van der Waals surface area contributed by atoms with Gasteiger partial charge in [-0.15, -0.1) is 0 Å². The Morgan fingerprint density at radius 3 is 2.54 bits per heavy atom. The Kier molecular flexibility index (Phi) is 7.54. The maximum atomic E-state index is 15.9. The van der Waals surface area contributed by atoms with Crippen LogP contribution in [0.3, 0.4) is 0 Å². The van der Waals surface area contributed by atoms with Crippen LogP contribution < -0.4 is 21.7 Å². The molecule has 1 unspecified atom stereocenters. The van der Waals surface area contributed by atoms with Crippen LogP contribution in [0.1, 0.15) is 12.5 Å². The minimum Gasteiger partial charge on any atom is -0.382 e. The van der Waals surface area contributed by atoms with E-state index in [1.165, 1.54) is 28.9 Å². The number of rotatable bonds is 3. The lowest BCUT2D eigenvalue weighted by Gasteiger charge is -2.26. The van der Waals surface area contributed by atoms with Crippen molar-refractivity contribution in [2.24, 2.45) is 0 Å². The molecule has 7 rings (SSSR count). The summed E-state index contributed by atoms with van der Waals surface area (Å²) in [6.07, 6.45) is -8.93. The molecule has 4 aromatic rings. The topological polar surface area (TPSA) is 298 Å². The van der Waals surface area contributed by atoms with Crippen molar-refractivity contribution in [3.05, 3.63) is 29.3 Å². The fraction of sp³-hybridized carbons (Fsp3) is 0.524. The molecule has 0 aliphatic carbocycles. The van der Waals surface area contributed by atoms with Gasteiger partial charge < -0.3 is 30.6 Å². The summed E-state index contributed by atoms with van der Waals surface area (Å²) in [5.74, 6) is -0.222. The van der Waals surface area contributed by atoms with Crippen molar-refractivity contribution in [2.75, 3.05) is 31.7 Å². The smallest absolute Gasteiger partial charge is 0.382 e. The van der Waals surface area contributed by atoms with Crippen LogP contribution >= 0.6 is 7.82 Å². The molecule has 46 heavy (non-hydrogen) atoms. The number of halogens is 1. The molecule has 9 atom stereocenters. The fourth-order valence-corrected chi connectivity index (χ4v) is 7.46. The molecule has 0 aromatic carbocycles. The van der Waals surface area contributed by atoms with Gasteiger partial charge in [0.1, 0.15) is 42.4 Å². The second kappa shape index (κ2) is 11.2. The molecule has 3 aliphatic rings. The molecule has 7 heterocycles. The van der Waals surface area contributed by atoms with Gasteiger partial charge in [0, 0.05) is 13.7 Å². The minimum atomic E-state index is -5.08. The number of imidazole rings is 2. The maximum Gasteiger partial charge on any atom is 0.472 e. The third-order valence-electron chi connectivity index (χ3n) is 7.57. The zero-order valence-corrected chi connectivity index (χ0v) is 25.0. The number of ether oxygens (including phenoxy) is 3. The van der Waals surface area contributed by atoms with Gasteiger partial charge in [-0.1, -0.05) is 0 Å². The van der Waals surface area contributed by atoms with E-state index in [-0.39, 0.29) is 34.1 Å². The summed E-state index contributed by atoms with van der Waals surface area (Å²) in [6, 6.07) is 0. The lowest BCUT2D eigenvalue weighted by atomic mass is 10.1. The average molecular weight is 690 g/mol. The second-order valence-corrected chi connectivity index (χ2v) is 13.1. The van der Waals surface area contributed by atoms with Gasteiger partial charge in [0.2, 0.25) is 5.95 Å². The van der Waals surface area contributed by atoms with Crippen molar-refractivity contribution in [2.45, 2.75) is 49.1 Å². The van der Waals surface area contributed by atoms with Gasteiger partial charge >= 0.3 is 18.1 Å². The van der Waals surface area contributed by atoms with Crippen molar-refractivity contribution in [3.8, 4) is 0 Å². The standard InChI is InChI=1S/C21H25FN11O11PS/c1-39-14-13-8(42-20(14)33-6-28-11-17(33)30-21(24)31-18(11)34)3-40-45(35,36)43-12-7(2-29-46(37,38)44-13)41-19(9(12)22)32-5-27-10-15(23)25-4-26-16(10)32/h4-9,12-14,19-20,29H,2-3H2,1H3,(H,35,36)(H2,23,25,26)(H3,24,30,31,34)/t7-,8-,9-,12-,13-,14-,19-,20-/m1/s1. The van der Waals surface area contributed by atoms with E-state index in [1.54, 1.807) is 0 Å². The number of methoxy groups -OCH3 is 1. The van der Waals surface area contributed by atoms with E-state index in [2.05, 4.69) is 34.6 Å². The summed E-state index contributed by atoms with van der Waals surface area (Å²) >= 11 is 0. The van der Waals surface area contributed by atoms with Crippen molar-refractivity contribution in [1.29, 1.82) is 0 Å². The Morgan fingerprint density at radius 1 is 1.07 bits per heavy atom. The molecule has 22 nitrogen and oxygen atoms in total. The van der Waals surface area contributed by atoms with Crippen LogP contribution in [0.2, 0.25) is 0 Å². The molecule has 0 bridgehead atoms. The highest BCUT2D eigenvalue weighted by Crippen LogP contribution is 2.50. The summed E-state index contributed by atoms with van der Waals surface area (Å²) in [7, 11) is -8.53. The zero-order valence-electron chi connectivity index (χ0n) is 23.3. The molecular formula is C21H25FN11O11PS. The largest absolute Gasteiger partial charge is 0.472 e. The summed E-state index contributed by atoms with van der Waals surface area (Å²) in [6.45, 7) is -1.47. The number of nitrogen functional groups attached to an aromatic ring is 2. The number of alkyl halides is 1. The van der Waals surface area contributed by atoms with Crippen LogP contribution in [0.4, 0.5) is 16.2 Å². The molecule has 0 saturated carbocycles. The number of anilines is 2. The predicted molar refractivity (Wildman–Crippen MR) is 148 cm³/mol. The molecule has 0 amide bonds. The number of phosphoric acid groups is 1. The fourth-order valence-electron chi connectivity index (χ4n) is 5.54. The first-order chi connectivity index (χ1) is 21.9. The quantitative estimate of drug-likeness (QED) is 0.145. The monoisotopic (exact) mass is 689 g/mol. The molecule has 248 valence electrons. The molecule has 3 aliphatic heterocycles. The van der Waals surface area contributed by atoms with Crippen LogP contribution in [0.25, 0.3) is 22.3 Å². The Balaban J connectivity index is 1.19. The predicted octanol–water partition coefficient (Wildman–Crippen LogP) is -1.99. The van der Waals surface area contributed by atoms with E-state index in [0.717, 1.165) is 6.33 Å². The third-order valence-corrected chi connectivity index (χ3v) is 9.55. The Morgan fingerprint density at radius 2 is 1.78 bits per heavy atom. The van der Waals surface area contributed by atoms with Gasteiger partial charge in [-0.3, -0.25) is 28.0 Å². The minimum absolute atomic E-state index is 0.0118. The lowest BCUT2D eigenvalue weighted by Crippen LogP contribution is -2.46. The van der Waals surface area contributed by atoms with Gasteiger partial charge in [-0.2, -0.15) is 18.1 Å². The van der Waals surface area contributed by atoms with Crippen LogP contribution in [0.5, 0.6) is 0 Å². The number of aromatic nitrogens is 8. The Hall–Kier alpha value is -3.71. The van der Waals surface area contributed by atoms with E-state index >= 15 is 4.39 Å². The van der Waals surface area contributed by atoms with Gasteiger partial charge in [-0.25, -0.2) is 33.1 Å². The molecule has 7 N–H and O–H groups in total. The van der Waals surface area contributed by atoms with E-state index < -0.39 is 86.0 Å². The summed E-state index contributed by atoms with van der Waals surface area (Å²) in [5, 5.41) is 0. The van der Waals surface area contributed by atoms with Crippen molar-refractivity contribution in [3.63, 3.8) is 0 Å².